The van der Waals surface area contributed by atoms with Crippen LogP contribution in [-0.4, -0.2) is 35.2 Å². The van der Waals surface area contributed by atoms with E-state index < -0.39 is 24.0 Å². The van der Waals surface area contributed by atoms with E-state index in [1.165, 1.54) is 24.0 Å². The Morgan fingerprint density at radius 1 is 1.36 bits per heavy atom. The summed E-state index contributed by atoms with van der Waals surface area (Å²) in [6, 6.07) is 7.72. The summed E-state index contributed by atoms with van der Waals surface area (Å²) in [5.41, 5.74) is 4.50. The van der Waals surface area contributed by atoms with Crippen LogP contribution in [0.25, 0.3) is 0 Å². The molecule has 6 nitrogen and oxygen atoms in total. The van der Waals surface area contributed by atoms with E-state index in [1.54, 1.807) is 24.3 Å². The first kappa shape index (κ1) is 18.9. The van der Waals surface area contributed by atoms with Crippen molar-refractivity contribution < 1.29 is 18.3 Å². The molecule has 1 aromatic carbocycles. The standard InChI is InChI=1S/C18H15ClF2N4O2S/c19-12-2-1-6-23-14(12)15(26)24-10-3-4-13-11(8-10)17(5-7-28-13)18(20,21)9-27-16(22)25-17/h1-4,6,8H,5,7,9H2,(H2,22,25)(H,24,26)/t17-/m1/s1. The van der Waals surface area contributed by atoms with Crippen molar-refractivity contribution in [2.75, 3.05) is 17.7 Å². The predicted octanol–water partition coefficient (Wildman–Crippen LogP) is 3.66. The molecule has 0 fully saturated rings. The summed E-state index contributed by atoms with van der Waals surface area (Å²) < 4.78 is 34.6. The summed E-state index contributed by atoms with van der Waals surface area (Å²) in [6.07, 6.45) is 1.55. The van der Waals surface area contributed by atoms with E-state index in [0.717, 1.165) is 0 Å². The number of carbonyl (C=O) groups excluding carboxylic acids is 1. The summed E-state index contributed by atoms with van der Waals surface area (Å²) in [5, 5.41) is 2.85. The van der Waals surface area contributed by atoms with Gasteiger partial charge in [0.1, 0.15) is 5.69 Å². The lowest BCUT2D eigenvalue weighted by atomic mass is 9.80. The maximum Gasteiger partial charge on any atom is 0.310 e. The van der Waals surface area contributed by atoms with E-state index in [-0.39, 0.29) is 23.2 Å². The molecule has 3 N–H and O–H groups in total. The highest BCUT2D eigenvalue weighted by Crippen LogP contribution is 2.53. The highest BCUT2D eigenvalue weighted by Gasteiger charge is 2.59. The van der Waals surface area contributed by atoms with Gasteiger partial charge in [-0.2, -0.15) is 8.78 Å². The maximum atomic E-state index is 14.9. The first-order chi connectivity index (χ1) is 13.3. The number of rotatable bonds is 2. The molecule has 0 unspecified atom stereocenters. The van der Waals surface area contributed by atoms with Gasteiger partial charge in [-0.1, -0.05) is 11.6 Å². The third-order valence-corrected chi connectivity index (χ3v) is 6.07. The fourth-order valence-electron chi connectivity index (χ4n) is 3.33. The molecule has 4 rings (SSSR count). The number of aromatic nitrogens is 1. The molecule has 1 amide bonds. The van der Waals surface area contributed by atoms with Crippen LogP contribution in [0.1, 0.15) is 22.5 Å². The first-order valence-corrected chi connectivity index (χ1v) is 9.74. The van der Waals surface area contributed by atoms with Crippen LogP contribution < -0.4 is 11.1 Å². The molecule has 0 bridgehead atoms. The third-order valence-electron chi connectivity index (χ3n) is 4.69. The van der Waals surface area contributed by atoms with Gasteiger partial charge in [-0.3, -0.25) is 4.79 Å². The number of hydrogen-bond donors (Lipinski definition) is 2. The lowest BCUT2D eigenvalue weighted by Crippen LogP contribution is -2.54. The highest BCUT2D eigenvalue weighted by atomic mass is 35.5. The number of amidine groups is 1. The Morgan fingerprint density at radius 3 is 2.96 bits per heavy atom. The minimum atomic E-state index is -3.24. The summed E-state index contributed by atoms with van der Waals surface area (Å²) in [5.74, 6) is -3.31. The van der Waals surface area contributed by atoms with E-state index >= 15 is 0 Å². The number of fused-ring (bicyclic) bond motifs is 2. The van der Waals surface area contributed by atoms with Crippen LogP contribution in [0.5, 0.6) is 0 Å². The zero-order chi connectivity index (χ0) is 19.9. The fourth-order valence-corrected chi connectivity index (χ4v) is 4.70. The van der Waals surface area contributed by atoms with Crippen molar-refractivity contribution in [2.24, 2.45) is 10.7 Å². The molecule has 0 saturated heterocycles. The van der Waals surface area contributed by atoms with Gasteiger partial charge in [0.25, 0.3) is 11.9 Å². The number of benzene rings is 1. The molecule has 2 aromatic rings. The second-order valence-corrected chi connectivity index (χ2v) is 7.94. The largest absolute Gasteiger partial charge is 0.459 e. The average molecular weight is 425 g/mol. The number of ether oxygens (including phenoxy) is 1. The van der Waals surface area contributed by atoms with E-state index in [0.29, 0.717) is 21.9 Å². The number of carbonyl (C=O) groups is 1. The van der Waals surface area contributed by atoms with Crippen molar-refractivity contribution in [3.8, 4) is 0 Å². The van der Waals surface area contributed by atoms with Crippen molar-refractivity contribution in [3.05, 3.63) is 52.8 Å². The Bertz CT molecular complexity index is 988. The zero-order valence-corrected chi connectivity index (χ0v) is 16.0. The second kappa shape index (κ2) is 6.89. The Morgan fingerprint density at radius 2 is 2.18 bits per heavy atom. The van der Waals surface area contributed by atoms with Crippen molar-refractivity contribution in [1.29, 1.82) is 0 Å². The SMILES string of the molecule is NC1=N[C@@]2(CCSc3ccc(NC(=O)c4ncccc4Cl)cc32)C(F)(F)CO1. The second-order valence-electron chi connectivity index (χ2n) is 6.40. The number of pyridine rings is 1. The number of hydrogen-bond acceptors (Lipinski definition) is 6. The summed E-state index contributed by atoms with van der Waals surface area (Å²) >= 11 is 7.45. The van der Waals surface area contributed by atoms with Gasteiger partial charge in [-0.05, 0) is 36.8 Å². The molecule has 10 heteroatoms. The quantitative estimate of drug-likeness (QED) is 0.768. The van der Waals surface area contributed by atoms with Gasteiger partial charge < -0.3 is 15.8 Å². The van der Waals surface area contributed by atoms with Gasteiger partial charge in [0.05, 0.1) is 5.02 Å². The monoisotopic (exact) mass is 424 g/mol. The first-order valence-electron chi connectivity index (χ1n) is 8.37. The predicted molar refractivity (Wildman–Crippen MR) is 103 cm³/mol. The van der Waals surface area contributed by atoms with Crippen LogP contribution in [0.4, 0.5) is 14.5 Å². The normalized spacial score (nSPS) is 22.8. The molecule has 1 atom stereocenters. The number of nitrogens with zero attached hydrogens (tertiary/aromatic N) is 2. The number of alkyl halides is 2. The summed E-state index contributed by atoms with van der Waals surface area (Å²) in [6.45, 7) is -0.841. The maximum absolute atomic E-state index is 14.9. The van der Waals surface area contributed by atoms with Gasteiger partial charge in [0, 0.05) is 28.1 Å². The minimum Gasteiger partial charge on any atom is -0.459 e. The van der Waals surface area contributed by atoms with Crippen LogP contribution in [0.3, 0.4) is 0 Å². The zero-order valence-electron chi connectivity index (χ0n) is 14.4. The molecular weight excluding hydrogens is 410 g/mol. The number of thioether (sulfide) groups is 1. The smallest absolute Gasteiger partial charge is 0.310 e. The van der Waals surface area contributed by atoms with Gasteiger partial charge in [-0.25, -0.2) is 9.98 Å². The van der Waals surface area contributed by atoms with E-state index in [4.69, 9.17) is 22.1 Å². The van der Waals surface area contributed by atoms with Gasteiger partial charge in [0.15, 0.2) is 12.1 Å². The number of nitrogens with two attached hydrogens (primary N) is 1. The van der Waals surface area contributed by atoms with Crippen LogP contribution >= 0.6 is 23.4 Å². The molecule has 2 aliphatic rings. The Hall–Kier alpha value is -2.39. The van der Waals surface area contributed by atoms with Crippen molar-refractivity contribution in [3.63, 3.8) is 0 Å². The van der Waals surface area contributed by atoms with E-state index in [1.807, 2.05) is 0 Å². The van der Waals surface area contributed by atoms with Gasteiger partial charge in [0.2, 0.25) is 0 Å². The summed E-state index contributed by atoms with van der Waals surface area (Å²) in [4.78, 5) is 21.1. The fraction of sp³-hybridized carbons (Fsp3) is 0.278. The molecule has 28 heavy (non-hydrogen) atoms. The van der Waals surface area contributed by atoms with Crippen LogP contribution in [0, 0.1) is 0 Å². The molecular formula is C18H15ClF2N4O2S. The minimum absolute atomic E-state index is 0.0460. The number of nitrogens with one attached hydrogen (secondary N) is 1. The molecule has 2 aliphatic heterocycles. The Balaban J connectivity index is 1.74. The lowest BCUT2D eigenvalue weighted by molar-refractivity contribution is -0.124. The van der Waals surface area contributed by atoms with E-state index in [9.17, 15) is 13.6 Å². The van der Waals surface area contributed by atoms with Crippen molar-refractivity contribution in [1.82, 2.24) is 4.98 Å². The lowest BCUT2D eigenvalue weighted by Gasteiger charge is -2.43. The van der Waals surface area contributed by atoms with Crippen molar-refractivity contribution in [2.45, 2.75) is 22.8 Å². The molecule has 0 aliphatic carbocycles. The third kappa shape index (κ3) is 3.08. The molecule has 1 aromatic heterocycles. The van der Waals surface area contributed by atoms with Gasteiger partial charge in [-0.15, -0.1) is 11.8 Å². The Kier molecular flexibility index (Phi) is 4.67. The molecule has 0 radical (unpaired) electrons. The number of amides is 1. The van der Waals surface area contributed by atoms with Crippen LogP contribution in [-0.2, 0) is 10.3 Å². The van der Waals surface area contributed by atoms with Crippen LogP contribution in [0.15, 0.2) is 46.4 Å². The number of anilines is 1. The molecule has 0 saturated carbocycles. The summed E-state index contributed by atoms with van der Waals surface area (Å²) in [7, 11) is 0. The highest BCUT2D eigenvalue weighted by molar-refractivity contribution is 7.99. The molecule has 146 valence electrons. The van der Waals surface area contributed by atoms with Crippen molar-refractivity contribution >= 4 is 41.0 Å². The Labute approximate surface area is 168 Å². The number of halogens is 3. The topological polar surface area (TPSA) is 89.6 Å². The van der Waals surface area contributed by atoms with Gasteiger partial charge >= 0.3 is 5.92 Å². The number of aliphatic imine (C=N–C) groups is 1. The van der Waals surface area contributed by atoms with E-state index in [2.05, 4.69) is 15.3 Å². The van der Waals surface area contributed by atoms with Crippen LogP contribution in [0.2, 0.25) is 5.02 Å². The average Bonchev–Trinajstić information content (AvgIpc) is 2.66. The molecule has 3 heterocycles. The molecule has 1 spiro atoms.